The Kier molecular flexibility index (Phi) is 5.97. The molecule has 0 aliphatic heterocycles. The average Bonchev–Trinajstić information content (AvgIpc) is 3.11. The summed E-state index contributed by atoms with van der Waals surface area (Å²) >= 11 is 0. The molecule has 4 aliphatic rings. The SMILES string of the molecule is CC(C)CCC[C@@H](C)[C@H]1CCC2C3C(CC[C@@]21C)[C@@]1(C)CC[C@H](O)C[C@@]1(O)[C@@H]3C=O. The maximum Gasteiger partial charge on any atom is 0.126 e. The first kappa shape index (κ1) is 22.8. The summed E-state index contributed by atoms with van der Waals surface area (Å²) < 4.78 is 0. The normalized spacial score (nSPS) is 51.3. The van der Waals surface area contributed by atoms with Crippen molar-refractivity contribution in [3.63, 3.8) is 0 Å². The maximum absolute atomic E-state index is 12.4. The fourth-order valence-electron chi connectivity index (χ4n) is 9.39. The van der Waals surface area contributed by atoms with Crippen LogP contribution in [0.15, 0.2) is 0 Å². The number of rotatable bonds is 6. The lowest BCUT2D eigenvalue weighted by molar-refractivity contribution is -0.156. The van der Waals surface area contributed by atoms with Crippen molar-refractivity contribution in [2.45, 2.75) is 111 Å². The fraction of sp³-hybridized carbons (Fsp3) is 0.963. The number of carbonyl (C=O) groups is 1. The Morgan fingerprint density at radius 2 is 1.73 bits per heavy atom. The number of aldehydes is 1. The fourth-order valence-corrected chi connectivity index (χ4v) is 9.39. The van der Waals surface area contributed by atoms with Crippen LogP contribution in [0.2, 0.25) is 0 Å². The van der Waals surface area contributed by atoms with Gasteiger partial charge in [0.2, 0.25) is 0 Å². The van der Waals surface area contributed by atoms with Gasteiger partial charge in [0.15, 0.2) is 0 Å². The van der Waals surface area contributed by atoms with Crippen molar-refractivity contribution < 1.29 is 15.0 Å². The lowest BCUT2D eigenvalue weighted by Crippen LogP contribution is -2.54. The lowest BCUT2D eigenvalue weighted by atomic mass is 9.53. The van der Waals surface area contributed by atoms with E-state index >= 15 is 0 Å². The number of aliphatic hydroxyl groups excluding tert-OH is 1. The molecule has 0 spiro atoms. The van der Waals surface area contributed by atoms with E-state index in [0.717, 1.165) is 43.3 Å². The quantitative estimate of drug-likeness (QED) is 0.551. The first-order chi connectivity index (χ1) is 14.1. The van der Waals surface area contributed by atoms with Gasteiger partial charge in [0.25, 0.3) is 0 Å². The van der Waals surface area contributed by atoms with Crippen LogP contribution in [0.3, 0.4) is 0 Å². The van der Waals surface area contributed by atoms with Gasteiger partial charge in [-0.25, -0.2) is 0 Å². The standard InChI is InChI=1S/C27H46O3/c1-17(2)7-6-8-18(3)20-9-10-21-24-22(12-13-25(20,21)4)26(5)14-11-19(29)15-27(26,30)23(24)16-28/h16-24,29-30H,6-15H2,1-5H3/t18-,19+,20-,21?,22?,23-,24?,25-,26-,27-/m1/s1. The lowest BCUT2D eigenvalue weighted by Gasteiger charge is -2.52. The molecule has 4 rings (SSSR count). The van der Waals surface area contributed by atoms with Crippen LogP contribution >= 0.6 is 0 Å². The van der Waals surface area contributed by atoms with Crippen molar-refractivity contribution in [3.05, 3.63) is 0 Å². The van der Waals surface area contributed by atoms with Gasteiger partial charge in [0.05, 0.1) is 11.7 Å². The van der Waals surface area contributed by atoms with Gasteiger partial charge in [-0.05, 0) is 79.4 Å². The zero-order valence-corrected chi connectivity index (χ0v) is 20.1. The molecule has 0 heterocycles. The molecule has 0 saturated heterocycles. The maximum atomic E-state index is 12.4. The Bertz CT molecular complexity index is 646. The molecule has 0 amide bonds. The number of carbonyl (C=O) groups excluding carboxylic acids is 1. The molecule has 3 nitrogen and oxygen atoms in total. The van der Waals surface area contributed by atoms with E-state index in [1.807, 2.05) is 0 Å². The highest BCUT2D eigenvalue weighted by Gasteiger charge is 2.72. The summed E-state index contributed by atoms with van der Waals surface area (Å²) in [5.41, 5.74) is -0.933. The third-order valence-electron chi connectivity index (χ3n) is 11.0. The van der Waals surface area contributed by atoms with Crippen LogP contribution in [0.1, 0.15) is 98.8 Å². The molecule has 3 heteroatoms. The van der Waals surface area contributed by atoms with Crippen LogP contribution in [0, 0.1) is 52.3 Å². The summed E-state index contributed by atoms with van der Waals surface area (Å²) in [7, 11) is 0. The molecule has 4 aliphatic carbocycles. The summed E-state index contributed by atoms with van der Waals surface area (Å²) in [6, 6.07) is 0. The van der Waals surface area contributed by atoms with Crippen molar-refractivity contribution in [2.24, 2.45) is 52.3 Å². The van der Waals surface area contributed by atoms with E-state index in [0.29, 0.717) is 29.6 Å². The van der Waals surface area contributed by atoms with Gasteiger partial charge in [0, 0.05) is 17.8 Å². The van der Waals surface area contributed by atoms with Gasteiger partial charge in [-0.1, -0.05) is 53.9 Å². The molecular weight excluding hydrogens is 372 g/mol. The van der Waals surface area contributed by atoms with Crippen molar-refractivity contribution in [1.82, 2.24) is 0 Å². The van der Waals surface area contributed by atoms with Gasteiger partial charge in [-0.15, -0.1) is 0 Å². The van der Waals surface area contributed by atoms with Crippen LogP contribution in [0.25, 0.3) is 0 Å². The molecule has 30 heavy (non-hydrogen) atoms. The minimum Gasteiger partial charge on any atom is -0.393 e. The van der Waals surface area contributed by atoms with Crippen LogP contribution in [-0.2, 0) is 4.79 Å². The second-order valence-corrected chi connectivity index (χ2v) is 12.7. The molecular formula is C27H46O3. The summed E-state index contributed by atoms with van der Waals surface area (Å²) in [6.07, 6.45) is 11.5. The monoisotopic (exact) mass is 418 g/mol. The first-order valence-corrected chi connectivity index (χ1v) is 12.9. The second-order valence-electron chi connectivity index (χ2n) is 12.7. The molecule has 2 N–H and O–H groups in total. The molecule has 3 unspecified atom stereocenters. The largest absolute Gasteiger partial charge is 0.393 e. The van der Waals surface area contributed by atoms with Crippen LogP contribution < -0.4 is 0 Å². The zero-order chi connectivity index (χ0) is 21.9. The Hall–Kier alpha value is -0.410. The van der Waals surface area contributed by atoms with E-state index in [1.54, 1.807) is 0 Å². The molecule has 4 saturated carbocycles. The van der Waals surface area contributed by atoms with Crippen LogP contribution in [0.4, 0.5) is 0 Å². The predicted molar refractivity (Wildman–Crippen MR) is 121 cm³/mol. The highest BCUT2D eigenvalue weighted by Crippen LogP contribution is 2.72. The molecule has 172 valence electrons. The molecule has 0 aromatic rings. The summed E-state index contributed by atoms with van der Waals surface area (Å²) in [4.78, 5) is 12.4. The van der Waals surface area contributed by atoms with Crippen molar-refractivity contribution in [3.8, 4) is 0 Å². The highest BCUT2D eigenvalue weighted by molar-refractivity contribution is 5.59. The summed E-state index contributed by atoms with van der Waals surface area (Å²) in [6.45, 7) is 11.9. The van der Waals surface area contributed by atoms with Crippen LogP contribution in [0.5, 0.6) is 0 Å². The van der Waals surface area contributed by atoms with E-state index in [2.05, 4.69) is 34.6 Å². The molecule has 4 fully saturated rings. The Morgan fingerprint density at radius 1 is 1.00 bits per heavy atom. The minimum atomic E-state index is -1.02. The third kappa shape index (κ3) is 3.16. The zero-order valence-electron chi connectivity index (χ0n) is 20.1. The summed E-state index contributed by atoms with van der Waals surface area (Å²) in [5.74, 6) is 3.25. The van der Waals surface area contributed by atoms with E-state index in [1.165, 1.54) is 38.5 Å². The minimum absolute atomic E-state index is 0.217. The predicted octanol–water partition coefficient (Wildman–Crippen LogP) is 5.62. The molecule has 0 aromatic heterocycles. The first-order valence-electron chi connectivity index (χ1n) is 12.9. The highest BCUT2D eigenvalue weighted by atomic mass is 16.3. The van der Waals surface area contributed by atoms with E-state index < -0.39 is 11.7 Å². The number of aliphatic hydroxyl groups is 2. The summed E-state index contributed by atoms with van der Waals surface area (Å²) in [5, 5.41) is 22.3. The Labute approximate surface area is 184 Å². The Morgan fingerprint density at radius 3 is 2.40 bits per heavy atom. The van der Waals surface area contributed by atoms with Crippen LogP contribution in [-0.4, -0.2) is 28.2 Å². The topological polar surface area (TPSA) is 57.5 Å². The van der Waals surface area contributed by atoms with Crippen molar-refractivity contribution >= 4 is 6.29 Å². The molecule has 0 aromatic carbocycles. The van der Waals surface area contributed by atoms with Gasteiger partial charge < -0.3 is 15.0 Å². The molecule has 0 radical (unpaired) electrons. The Balaban J connectivity index is 1.59. The number of fused-ring (bicyclic) bond motifs is 5. The number of hydrogen-bond donors (Lipinski definition) is 2. The smallest absolute Gasteiger partial charge is 0.126 e. The third-order valence-corrected chi connectivity index (χ3v) is 11.0. The molecule has 0 bridgehead atoms. The number of hydrogen-bond acceptors (Lipinski definition) is 3. The second kappa shape index (κ2) is 7.87. The van der Waals surface area contributed by atoms with Gasteiger partial charge in [0.1, 0.15) is 6.29 Å². The van der Waals surface area contributed by atoms with E-state index in [4.69, 9.17) is 0 Å². The van der Waals surface area contributed by atoms with Gasteiger partial charge in [-0.3, -0.25) is 0 Å². The molecule has 10 atom stereocenters. The van der Waals surface area contributed by atoms with Gasteiger partial charge >= 0.3 is 0 Å². The van der Waals surface area contributed by atoms with E-state index in [9.17, 15) is 15.0 Å². The van der Waals surface area contributed by atoms with Crippen molar-refractivity contribution in [1.29, 1.82) is 0 Å². The average molecular weight is 419 g/mol. The van der Waals surface area contributed by atoms with Gasteiger partial charge in [-0.2, -0.15) is 0 Å². The van der Waals surface area contributed by atoms with E-state index in [-0.39, 0.29) is 11.3 Å². The van der Waals surface area contributed by atoms with Crippen molar-refractivity contribution in [2.75, 3.05) is 0 Å².